The minimum atomic E-state index is -0.208. The molecule has 0 aliphatic heterocycles. The normalized spacial score (nSPS) is 22.7. The molecule has 2 fully saturated rings. The van der Waals surface area contributed by atoms with Crippen molar-refractivity contribution in [1.29, 1.82) is 0 Å². The highest BCUT2D eigenvalue weighted by molar-refractivity contribution is 7.80. The van der Waals surface area contributed by atoms with Crippen LogP contribution in [0.2, 0.25) is 0 Å². The maximum Gasteiger partial charge on any atom is 0.239 e. The van der Waals surface area contributed by atoms with Crippen LogP contribution >= 0.6 is 12.2 Å². The molecule has 2 N–H and O–H groups in total. The number of amides is 1. The molecule has 4 nitrogen and oxygen atoms in total. The lowest BCUT2D eigenvalue weighted by Crippen LogP contribution is -2.50. The van der Waals surface area contributed by atoms with Crippen molar-refractivity contribution in [2.75, 3.05) is 6.54 Å². The van der Waals surface area contributed by atoms with Crippen LogP contribution in [-0.2, 0) is 11.3 Å². The van der Waals surface area contributed by atoms with Crippen LogP contribution in [0.25, 0.3) is 0 Å². The molecule has 2 saturated carbocycles. The van der Waals surface area contributed by atoms with E-state index in [1.54, 1.807) is 6.07 Å². The first-order valence-corrected chi connectivity index (χ1v) is 11.5. The summed E-state index contributed by atoms with van der Waals surface area (Å²) in [5, 5.41) is 6.86. The molecule has 0 saturated heterocycles. The molecular weight excluding hydrogens is 385 g/mol. The lowest BCUT2D eigenvalue weighted by atomic mass is 9.86. The van der Waals surface area contributed by atoms with E-state index >= 15 is 0 Å². The first-order valence-electron chi connectivity index (χ1n) is 11.1. The van der Waals surface area contributed by atoms with E-state index in [0.29, 0.717) is 29.2 Å². The van der Waals surface area contributed by atoms with Crippen molar-refractivity contribution in [1.82, 2.24) is 15.5 Å². The van der Waals surface area contributed by atoms with Gasteiger partial charge in [0.25, 0.3) is 0 Å². The molecule has 2 aliphatic carbocycles. The lowest BCUT2D eigenvalue weighted by Gasteiger charge is -2.36. The molecule has 0 heterocycles. The van der Waals surface area contributed by atoms with E-state index in [9.17, 15) is 9.18 Å². The molecule has 29 heavy (non-hydrogen) atoms. The van der Waals surface area contributed by atoms with Crippen molar-refractivity contribution in [3.63, 3.8) is 0 Å². The monoisotopic (exact) mass is 419 g/mol. The number of halogens is 1. The molecule has 160 valence electrons. The molecule has 0 spiro atoms. The fourth-order valence-electron chi connectivity index (χ4n) is 4.62. The van der Waals surface area contributed by atoms with Gasteiger partial charge in [0.15, 0.2) is 5.11 Å². The molecule has 3 rings (SSSR count). The van der Waals surface area contributed by atoms with E-state index in [-0.39, 0.29) is 24.3 Å². The van der Waals surface area contributed by atoms with Crippen molar-refractivity contribution in [2.45, 2.75) is 83.3 Å². The van der Waals surface area contributed by atoms with Gasteiger partial charge in [0.2, 0.25) is 5.91 Å². The van der Waals surface area contributed by atoms with Crippen molar-refractivity contribution in [3.05, 3.63) is 35.6 Å². The maximum absolute atomic E-state index is 14.2. The number of rotatable bonds is 6. The Morgan fingerprint density at radius 3 is 2.52 bits per heavy atom. The molecular formula is C23H34FN3OS. The van der Waals surface area contributed by atoms with Gasteiger partial charge >= 0.3 is 0 Å². The zero-order chi connectivity index (χ0) is 20.6. The number of hydrogen-bond acceptors (Lipinski definition) is 2. The molecule has 0 aromatic heterocycles. The van der Waals surface area contributed by atoms with Crippen LogP contribution in [0.5, 0.6) is 0 Å². The fraction of sp³-hybridized carbons (Fsp3) is 0.652. The van der Waals surface area contributed by atoms with Crippen molar-refractivity contribution >= 4 is 23.2 Å². The number of thiocarbonyl (C=S) groups is 1. The molecule has 0 unspecified atom stereocenters. The summed E-state index contributed by atoms with van der Waals surface area (Å²) in [5.41, 5.74) is 0.641. The second kappa shape index (κ2) is 10.9. The molecule has 0 bridgehead atoms. The summed E-state index contributed by atoms with van der Waals surface area (Å²) in [5.74, 6) is 0.306. The van der Waals surface area contributed by atoms with Crippen LogP contribution in [0.15, 0.2) is 24.3 Å². The second-order valence-corrected chi connectivity index (χ2v) is 8.99. The number of carbonyl (C=O) groups excluding carboxylic acids is 1. The summed E-state index contributed by atoms with van der Waals surface area (Å²) >= 11 is 5.66. The minimum Gasteiger partial charge on any atom is -0.353 e. The zero-order valence-electron chi connectivity index (χ0n) is 17.5. The number of nitrogens with one attached hydrogen (secondary N) is 2. The topological polar surface area (TPSA) is 44.4 Å². The summed E-state index contributed by atoms with van der Waals surface area (Å²) in [7, 11) is 0. The fourth-order valence-corrected chi connectivity index (χ4v) is 4.90. The third-order valence-electron chi connectivity index (χ3n) is 6.43. The Morgan fingerprint density at radius 2 is 1.79 bits per heavy atom. The summed E-state index contributed by atoms with van der Waals surface area (Å²) in [6.07, 6.45) is 10.4. The minimum absolute atomic E-state index is 0.0133. The Balaban J connectivity index is 1.58. The number of benzene rings is 1. The Bertz CT molecular complexity index is 692. The largest absolute Gasteiger partial charge is 0.353 e. The first kappa shape index (κ1) is 22.0. The van der Waals surface area contributed by atoms with Gasteiger partial charge in [0, 0.05) is 24.2 Å². The van der Waals surface area contributed by atoms with Gasteiger partial charge in [-0.05, 0) is 49.9 Å². The van der Waals surface area contributed by atoms with E-state index in [1.807, 2.05) is 12.1 Å². The van der Waals surface area contributed by atoms with Crippen LogP contribution in [0, 0.1) is 11.7 Å². The van der Waals surface area contributed by atoms with Crippen molar-refractivity contribution < 1.29 is 9.18 Å². The van der Waals surface area contributed by atoms with Gasteiger partial charge in [0.1, 0.15) is 5.82 Å². The smallest absolute Gasteiger partial charge is 0.239 e. The SMILES string of the molecule is C[C@H]1CCCC[C@@H]1NC(=O)CNC(=S)N(Cc1ccccc1F)C1CCCCC1. The highest BCUT2D eigenvalue weighted by Gasteiger charge is 2.26. The van der Waals surface area contributed by atoms with Crippen LogP contribution in [0.3, 0.4) is 0 Å². The van der Waals surface area contributed by atoms with Gasteiger partial charge in [-0.15, -0.1) is 0 Å². The number of carbonyl (C=O) groups is 1. The van der Waals surface area contributed by atoms with Gasteiger partial charge in [-0.25, -0.2) is 4.39 Å². The third kappa shape index (κ3) is 6.39. The standard InChI is InChI=1S/C23H34FN3OS/c1-17-9-5-8-14-21(17)26-22(28)15-25-23(29)27(19-11-3-2-4-12-19)16-18-10-6-7-13-20(18)24/h6-7,10,13,17,19,21H,2-5,8-9,11-12,14-16H2,1H3,(H,25,29)(H,26,28)/t17-,21-/m0/s1. The van der Waals surface area contributed by atoms with E-state index in [1.165, 1.54) is 44.6 Å². The van der Waals surface area contributed by atoms with Gasteiger partial charge < -0.3 is 15.5 Å². The Labute approximate surface area is 179 Å². The number of hydrogen-bond donors (Lipinski definition) is 2. The molecule has 2 atom stereocenters. The van der Waals surface area contributed by atoms with E-state index in [4.69, 9.17) is 12.2 Å². The molecule has 0 radical (unpaired) electrons. The summed E-state index contributed by atoms with van der Waals surface area (Å²) in [4.78, 5) is 14.5. The van der Waals surface area contributed by atoms with Gasteiger partial charge in [-0.2, -0.15) is 0 Å². The van der Waals surface area contributed by atoms with Crippen LogP contribution in [0.1, 0.15) is 70.3 Å². The van der Waals surface area contributed by atoms with E-state index in [0.717, 1.165) is 19.3 Å². The van der Waals surface area contributed by atoms with E-state index in [2.05, 4.69) is 22.5 Å². The molecule has 1 amide bonds. The van der Waals surface area contributed by atoms with Gasteiger partial charge in [-0.1, -0.05) is 57.2 Å². The first-order chi connectivity index (χ1) is 14.0. The average Bonchev–Trinajstić information content (AvgIpc) is 2.74. The Kier molecular flexibility index (Phi) is 8.28. The Hall–Kier alpha value is -1.69. The quantitative estimate of drug-likeness (QED) is 0.665. The predicted octanol–water partition coefficient (Wildman–Crippen LogP) is 4.53. The van der Waals surface area contributed by atoms with E-state index < -0.39 is 0 Å². The van der Waals surface area contributed by atoms with Gasteiger partial charge in [-0.3, -0.25) is 4.79 Å². The van der Waals surface area contributed by atoms with Crippen LogP contribution in [-0.4, -0.2) is 34.5 Å². The van der Waals surface area contributed by atoms with Crippen LogP contribution in [0.4, 0.5) is 4.39 Å². The summed E-state index contributed by atoms with van der Waals surface area (Å²) < 4.78 is 14.2. The third-order valence-corrected chi connectivity index (χ3v) is 6.81. The van der Waals surface area contributed by atoms with Crippen molar-refractivity contribution in [2.24, 2.45) is 5.92 Å². The molecule has 6 heteroatoms. The maximum atomic E-state index is 14.2. The van der Waals surface area contributed by atoms with Gasteiger partial charge in [0.05, 0.1) is 6.54 Å². The molecule has 2 aliphatic rings. The number of nitrogens with zero attached hydrogens (tertiary/aromatic N) is 1. The molecule has 1 aromatic rings. The highest BCUT2D eigenvalue weighted by atomic mass is 32.1. The second-order valence-electron chi connectivity index (χ2n) is 8.61. The molecule has 1 aromatic carbocycles. The Morgan fingerprint density at radius 1 is 1.10 bits per heavy atom. The van der Waals surface area contributed by atoms with Crippen LogP contribution < -0.4 is 10.6 Å². The highest BCUT2D eigenvalue weighted by Crippen LogP contribution is 2.25. The van der Waals surface area contributed by atoms with Crippen molar-refractivity contribution in [3.8, 4) is 0 Å². The zero-order valence-corrected chi connectivity index (χ0v) is 18.3. The summed E-state index contributed by atoms with van der Waals surface area (Å²) in [6.45, 7) is 2.81. The summed E-state index contributed by atoms with van der Waals surface area (Å²) in [6, 6.07) is 7.42. The average molecular weight is 420 g/mol. The lowest BCUT2D eigenvalue weighted by molar-refractivity contribution is -0.121. The predicted molar refractivity (Wildman–Crippen MR) is 119 cm³/mol.